The van der Waals surface area contributed by atoms with E-state index in [1.807, 2.05) is 6.92 Å². The van der Waals surface area contributed by atoms with Crippen LogP contribution in [0, 0.1) is 6.92 Å². The molecule has 1 aromatic carbocycles. The number of pyridine rings is 1. The van der Waals surface area contributed by atoms with Gasteiger partial charge in [0.15, 0.2) is 5.69 Å². The predicted octanol–water partition coefficient (Wildman–Crippen LogP) is 4.09. The molecule has 0 fully saturated rings. The van der Waals surface area contributed by atoms with E-state index in [9.17, 15) is 22.8 Å². The highest BCUT2D eigenvalue weighted by Crippen LogP contribution is 2.39. The van der Waals surface area contributed by atoms with Crippen LogP contribution < -0.4 is 15.0 Å². The maximum Gasteiger partial charge on any atom is 0.419 e. The molecule has 0 saturated carbocycles. The largest absolute Gasteiger partial charge is 0.496 e. The van der Waals surface area contributed by atoms with Gasteiger partial charge in [0, 0.05) is 30.7 Å². The van der Waals surface area contributed by atoms with E-state index in [-0.39, 0.29) is 35.4 Å². The number of benzene rings is 1. The Hall–Kier alpha value is -3.89. The zero-order valence-corrected chi connectivity index (χ0v) is 18.0. The lowest BCUT2D eigenvalue weighted by Gasteiger charge is -2.32. The van der Waals surface area contributed by atoms with Crippen LogP contribution in [0.2, 0.25) is 0 Å². The van der Waals surface area contributed by atoms with Crippen LogP contribution in [0.4, 0.5) is 24.5 Å². The first kappa shape index (κ1) is 22.3. The average molecular weight is 459 g/mol. The number of aryl methyl sites for hydroxylation is 1. The maximum atomic E-state index is 13.3. The number of amides is 2. The number of alkyl halides is 3. The minimum Gasteiger partial charge on any atom is -0.496 e. The first-order valence-corrected chi connectivity index (χ1v) is 9.97. The SMILES string of the molecule is COc1cc(N2C[C@H](C)n3ncc(NC(=O)c4cncc(C)c4)c3C2=O)ccc1C(F)(F)F. The summed E-state index contributed by atoms with van der Waals surface area (Å²) in [4.78, 5) is 31.3. The topological polar surface area (TPSA) is 89.3 Å². The third-order valence-electron chi connectivity index (χ3n) is 5.30. The highest BCUT2D eigenvalue weighted by molar-refractivity contribution is 6.13. The predicted molar refractivity (Wildman–Crippen MR) is 114 cm³/mol. The van der Waals surface area contributed by atoms with Crippen molar-refractivity contribution in [1.82, 2.24) is 14.8 Å². The number of nitrogens with one attached hydrogen (secondary N) is 1. The number of nitrogens with zero attached hydrogens (tertiary/aromatic N) is 4. The standard InChI is InChI=1S/C22H20F3N5O3/c1-12-6-14(9-26-8-12)20(31)28-17-10-27-30-13(2)11-29(21(32)19(17)30)15-4-5-16(22(23,24)25)18(7-15)33-3/h4-10,13H,11H2,1-3H3,(H,28,31)/t13-/m0/s1. The molecule has 4 rings (SSSR count). The number of hydrogen-bond donors (Lipinski definition) is 1. The van der Waals surface area contributed by atoms with Crippen LogP contribution in [-0.2, 0) is 6.18 Å². The molecule has 0 saturated heterocycles. The summed E-state index contributed by atoms with van der Waals surface area (Å²) in [5.41, 5.74) is 0.742. The summed E-state index contributed by atoms with van der Waals surface area (Å²) in [5, 5.41) is 6.91. The fourth-order valence-electron chi connectivity index (χ4n) is 3.73. The van der Waals surface area contributed by atoms with Crippen molar-refractivity contribution >= 4 is 23.2 Å². The Labute approximate surface area is 187 Å². The summed E-state index contributed by atoms with van der Waals surface area (Å²) in [6, 6.07) is 4.64. The highest BCUT2D eigenvalue weighted by Gasteiger charge is 2.37. The second-order valence-corrected chi connectivity index (χ2v) is 7.70. The summed E-state index contributed by atoms with van der Waals surface area (Å²) < 4.78 is 46.1. The van der Waals surface area contributed by atoms with Gasteiger partial charge >= 0.3 is 6.18 Å². The van der Waals surface area contributed by atoms with E-state index in [0.717, 1.165) is 18.7 Å². The Bertz CT molecular complexity index is 1240. The van der Waals surface area contributed by atoms with Gasteiger partial charge in [0.2, 0.25) is 0 Å². The molecule has 2 amide bonds. The van der Waals surface area contributed by atoms with Gasteiger partial charge < -0.3 is 15.0 Å². The van der Waals surface area contributed by atoms with Crippen LogP contribution >= 0.6 is 0 Å². The van der Waals surface area contributed by atoms with E-state index >= 15 is 0 Å². The number of fused-ring (bicyclic) bond motifs is 1. The molecule has 2 aromatic heterocycles. The minimum absolute atomic E-state index is 0.126. The van der Waals surface area contributed by atoms with Gasteiger partial charge in [-0.05, 0) is 37.6 Å². The van der Waals surface area contributed by atoms with Crippen molar-refractivity contribution in [2.45, 2.75) is 26.1 Å². The third-order valence-corrected chi connectivity index (χ3v) is 5.30. The van der Waals surface area contributed by atoms with E-state index in [1.54, 1.807) is 19.2 Å². The molecule has 0 radical (unpaired) electrons. The Morgan fingerprint density at radius 1 is 1.21 bits per heavy atom. The van der Waals surface area contributed by atoms with Crippen molar-refractivity contribution in [3.63, 3.8) is 0 Å². The molecule has 11 heteroatoms. The molecule has 33 heavy (non-hydrogen) atoms. The fraction of sp³-hybridized carbons (Fsp3) is 0.273. The molecular formula is C22H20F3N5O3. The molecular weight excluding hydrogens is 439 g/mol. The molecule has 0 bridgehead atoms. The van der Waals surface area contributed by atoms with Crippen molar-refractivity contribution in [1.29, 1.82) is 0 Å². The molecule has 0 spiro atoms. The smallest absolute Gasteiger partial charge is 0.419 e. The lowest BCUT2D eigenvalue weighted by molar-refractivity contribution is -0.138. The van der Waals surface area contributed by atoms with Crippen molar-refractivity contribution in [3.8, 4) is 5.75 Å². The number of carbonyl (C=O) groups is 2. The zero-order chi connectivity index (χ0) is 23.9. The zero-order valence-electron chi connectivity index (χ0n) is 18.0. The molecule has 1 aliphatic heterocycles. The van der Waals surface area contributed by atoms with E-state index in [2.05, 4.69) is 15.4 Å². The van der Waals surface area contributed by atoms with E-state index < -0.39 is 23.6 Å². The third kappa shape index (κ3) is 4.13. The number of methoxy groups -OCH3 is 1. The quantitative estimate of drug-likeness (QED) is 0.635. The van der Waals surface area contributed by atoms with Crippen LogP contribution in [0.25, 0.3) is 0 Å². The van der Waals surface area contributed by atoms with Gasteiger partial charge in [0.05, 0.1) is 36.2 Å². The van der Waals surface area contributed by atoms with Crippen LogP contribution in [0.1, 0.15) is 44.9 Å². The van der Waals surface area contributed by atoms with E-state index in [1.165, 1.54) is 34.1 Å². The minimum atomic E-state index is -4.59. The van der Waals surface area contributed by atoms with Crippen LogP contribution in [0.5, 0.6) is 5.75 Å². The van der Waals surface area contributed by atoms with E-state index in [0.29, 0.717) is 5.56 Å². The molecule has 0 unspecified atom stereocenters. The number of hydrogen-bond acceptors (Lipinski definition) is 5. The fourth-order valence-corrected chi connectivity index (χ4v) is 3.73. The highest BCUT2D eigenvalue weighted by atomic mass is 19.4. The Morgan fingerprint density at radius 3 is 2.64 bits per heavy atom. The first-order valence-electron chi connectivity index (χ1n) is 9.97. The number of aromatic nitrogens is 3. The van der Waals surface area contributed by atoms with Gasteiger partial charge in [-0.2, -0.15) is 18.3 Å². The van der Waals surface area contributed by atoms with Crippen LogP contribution in [-0.4, -0.2) is 40.2 Å². The summed E-state index contributed by atoms with van der Waals surface area (Å²) in [5.74, 6) is -1.36. The lowest BCUT2D eigenvalue weighted by atomic mass is 10.1. The molecule has 3 heterocycles. The second kappa shape index (κ2) is 8.23. The number of ether oxygens (including phenoxy) is 1. The van der Waals surface area contributed by atoms with Crippen molar-refractivity contribution < 1.29 is 27.5 Å². The molecule has 172 valence electrons. The number of anilines is 2. The monoisotopic (exact) mass is 459 g/mol. The van der Waals surface area contributed by atoms with Crippen LogP contribution in [0.3, 0.4) is 0 Å². The van der Waals surface area contributed by atoms with Crippen molar-refractivity contribution in [2.24, 2.45) is 0 Å². The molecule has 0 aliphatic carbocycles. The molecule has 1 atom stereocenters. The second-order valence-electron chi connectivity index (χ2n) is 7.70. The Morgan fingerprint density at radius 2 is 1.97 bits per heavy atom. The van der Waals surface area contributed by atoms with Crippen LogP contribution in [0.15, 0.2) is 42.9 Å². The normalized spacial score (nSPS) is 15.9. The number of halogens is 3. The van der Waals surface area contributed by atoms with Crippen molar-refractivity contribution in [3.05, 3.63) is 65.2 Å². The maximum absolute atomic E-state index is 13.3. The Kier molecular flexibility index (Phi) is 5.56. The molecule has 1 N–H and O–H groups in total. The summed E-state index contributed by atoms with van der Waals surface area (Å²) in [7, 11) is 1.14. The van der Waals surface area contributed by atoms with Crippen molar-refractivity contribution in [2.75, 3.05) is 23.9 Å². The van der Waals surface area contributed by atoms with Gasteiger partial charge in [-0.3, -0.25) is 19.3 Å². The number of rotatable bonds is 4. The molecule has 3 aromatic rings. The summed E-state index contributed by atoms with van der Waals surface area (Å²) in [6.07, 6.45) is -0.199. The lowest BCUT2D eigenvalue weighted by Crippen LogP contribution is -2.43. The van der Waals surface area contributed by atoms with E-state index in [4.69, 9.17) is 4.74 Å². The van der Waals surface area contributed by atoms with Gasteiger partial charge in [-0.15, -0.1) is 0 Å². The summed E-state index contributed by atoms with van der Waals surface area (Å²) in [6.45, 7) is 3.79. The molecule has 1 aliphatic rings. The summed E-state index contributed by atoms with van der Waals surface area (Å²) >= 11 is 0. The van der Waals surface area contributed by atoms with Gasteiger partial charge in [-0.25, -0.2) is 0 Å². The van der Waals surface area contributed by atoms with Gasteiger partial charge in [-0.1, -0.05) is 0 Å². The van der Waals surface area contributed by atoms with Gasteiger partial charge in [0.25, 0.3) is 11.8 Å². The Balaban J connectivity index is 1.67. The van der Waals surface area contributed by atoms with Gasteiger partial charge in [0.1, 0.15) is 5.75 Å². The number of carbonyl (C=O) groups excluding carboxylic acids is 2. The molecule has 8 nitrogen and oxygen atoms in total. The average Bonchev–Trinajstić information content (AvgIpc) is 3.19. The first-order chi connectivity index (χ1) is 15.6.